The van der Waals surface area contributed by atoms with Gasteiger partial charge < -0.3 is 10.9 Å². The molecule has 0 aliphatic rings. The number of aromatic nitrogens is 2. The Morgan fingerprint density at radius 3 is 2.65 bits per heavy atom. The third kappa shape index (κ3) is 4.11. The van der Waals surface area contributed by atoms with Gasteiger partial charge in [0.15, 0.2) is 0 Å². The van der Waals surface area contributed by atoms with Gasteiger partial charge in [0.05, 0.1) is 16.4 Å². The van der Waals surface area contributed by atoms with Crippen LogP contribution in [0.2, 0.25) is 5.02 Å². The highest BCUT2D eigenvalue weighted by Crippen LogP contribution is 2.23. The van der Waals surface area contributed by atoms with Crippen molar-refractivity contribution in [3.05, 3.63) is 16.4 Å². The van der Waals surface area contributed by atoms with Gasteiger partial charge in [-0.2, -0.15) is 5.10 Å². The van der Waals surface area contributed by atoms with Crippen molar-refractivity contribution < 1.29 is 5.21 Å². The SMILES string of the molecule is CCc1nn(C)c(CN(CCC(N)=NO)C(C)C)c1Cl. The number of oxime groups is 1. The van der Waals surface area contributed by atoms with E-state index in [0.29, 0.717) is 25.6 Å². The summed E-state index contributed by atoms with van der Waals surface area (Å²) in [6.45, 7) is 7.65. The van der Waals surface area contributed by atoms with Crippen LogP contribution in [0.4, 0.5) is 0 Å². The van der Waals surface area contributed by atoms with Gasteiger partial charge in [-0.25, -0.2) is 0 Å². The molecule has 0 saturated heterocycles. The second-order valence-electron chi connectivity index (χ2n) is 5.09. The molecule has 0 aromatic carbocycles. The molecule has 3 N–H and O–H groups in total. The minimum Gasteiger partial charge on any atom is -0.409 e. The highest BCUT2D eigenvalue weighted by atomic mass is 35.5. The molecule has 1 aromatic heterocycles. The predicted molar refractivity (Wildman–Crippen MR) is 81.2 cm³/mol. The van der Waals surface area contributed by atoms with E-state index in [4.69, 9.17) is 22.5 Å². The van der Waals surface area contributed by atoms with E-state index in [2.05, 4.69) is 29.0 Å². The average Bonchev–Trinajstić information content (AvgIpc) is 2.69. The van der Waals surface area contributed by atoms with Gasteiger partial charge in [0.25, 0.3) is 0 Å². The van der Waals surface area contributed by atoms with Crippen LogP contribution in [-0.4, -0.2) is 38.3 Å². The summed E-state index contributed by atoms with van der Waals surface area (Å²) in [5, 5.41) is 16.8. The zero-order valence-corrected chi connectivity index (χ0v) is 13.4. The maximum Gasteiger partial charge on any atom is 0.140 e. The van der Waals surface area contributed by atoms with Crippen molar-refractivity contribution in [2.24, 2.45) is 17.9 Å². The van der Waals surface area contributed by atoms with Crippen LogP contribution < -0.4 is 5.73 Å². The van der Waals surface area contributed by atoms with Crippen molar-refractivity contribution >= 4 is 17.4 Å². The van der Waals surface area contributed by atoms with Crippen molar-refractivity contribution in [2.75, 3.05) is 6.54 Å². The molecular weight excluding hydrogens is 278 g/mol. The molecule has 0 spiro atoms. The van der Waals surface area contributed by atoms with Crippen LogP contribution in [0.1, 0.15) is 38.6 Å². The van der Waals surface area contributed by atoms with Gasteiger partial charge in [0.2, 0.25) is 0 Å². The van der Waals surface area contributed by atoms with Gasteiger partial charge >= 0.3 is 0 Å². The van der Waals surface area contributed by atoms with Crippen LogP contribution in [0.5, 0.6) is 0 Å². The largest absolute Gasteiger partial charge is 0.409 e. The fraction of sp³-hybridized carbons (Fsp3) is 0.692. The average molecular weight is 302 g/mol. The summed E-state index contributed by atoms with van der Waals surface area (Å²) in [5.41, 5.74) is 7.45. The molecule has 0 atom stereocenters. The Morgan fingerprint density at radius 1 is 1.55 bits per heavy atom. The van der Waals surface area contributed by atoms with E-state index in [1.165, 1.54) is 0 Å². The third-order valence-electron chi connectivity index (χ3n) is 3.37. The normalized spacial score (nSPS) is 12.7. The first kappa shape index (κ1) is 16.8. The summed E-state index contributed by atoms with van der Waals surface area (Å²) in [6.07, 6.45) is 1.34. The lowest BCUT2D eigenvalue weighted by atomic mass is 10.2. The number of aryl methyl sites for hydroxylation is 2. The molecule has 0 aliphatic heterocycles. The van der Waals surface area contributed by atoms with Crippen molar-refractivity contribution in [1.82, 2.24) is 14.7 Å². The molecule has 1 rings (SSSR count). The zero-order valence-electron chi connectivity index (χ0n) is 12.6. The Kier molecular flexibility index (Phi) is 6.29. The van der Waals surface area contributed by atoms with E-state index < -0.39 is 0 Å². The Morgan fingerprint density at radius 2 is 2.20 bits per heavy atom. The van der Waals surface area contributed by atoms with Gasteiger partial charge in [0.1, 0.15) is 5.84 Å². The quantitative estimate of drug-likeness (QED) is 0.349. The van der Waals surface area contributed by atoms with E-state index in [9.17, 15) is 0 Å². The topological polar surface area (TPSA) is 79.7 Å². The molecular formula is C13H24ClN5O. The Labute approximate surface area is 125 Å². The predicted octanol–water partition coefficient (Wildman–Crippen LogP) is 1.98. The molecule has 0 radical (unpaired) electrons. The third-order valence-corrected chi connectivity index (χ3v) is 3.81. The number of hydrogen-bond donors (Lipinski definition) is 2. The lowest BCUT2D eigenvalue weighted by Gasteiger charge is -2.26. The van der Waals surface area contributed by atoms with Crippen molar-refractivity contribution in [3.8, 4) is 0 Å². The highest BCUT2D eigenvalue weighted by molar-refractivity contribution is 6.31. The molecule has 1 aromatic rings. The summed E-state index contributed by atoms with van der Waals surface area (Å²) in [7, 11) is 1.91. The van der Waals surface area contributed by atoms with Gasteiger partial charge in [0, 0.05) is 32.6 Å². The molecule has 1 heterocycles. The monoisotopic (exact) mass is 301 g/mol. The standard InChI is InChI=1S/C13H24ClN5O/c1-5-10-13(14)11(18(4)16-10)8-19(9(2)3)7-6-12(15)17-20/h9,20H,5-8H2,1-4H3,(H2,15,17). The first-order valence-corrected chi connectivity index (χ1v) is 7.19. The number of halogens is 1. The Balaban J connectivity index is 2.83. The number of amidine groups is 1. The zero-order chi connectivity index (χ0) is 15.3. The van der Waals surface area contributed by atoms with Crippen LogP contribution in [0.3, 0.4) is 0 Å². The van der Waals surface area contributed by atoms with Crippen LogP contribution >= 0.6 is 11.6 Å². The summed E-state index contributed by atoms with van der Waals surface area (Å²) in [6, 6.07) is 0.331. The number of nitrogens with two attached hydrogens (primary N) is 1. The lowest BCUT2D eigenvalue weighted by molar-refractivity contribution is 0.212. The maximum absolute atomic E-state index is 8.61. The molecule has 0 bridgehead atoms. The smallest absolute Gasteiger partial charge is 0.140 e. The van der Waals surface area contributed by atoms with Gasteiger partial charge in [-0.1, -0.05) is 23.7 Å². The second-order valence-corrected chi connectivity index (χ2v) is 5.47. The molecule has 0 unspecified atom stereocenters. The minimum absolute atomic E-state index is 0.237. The summed E-state index contributed by atoms with van der Waals surface area (Å²) in [5.74, 6) is 0.237. The highest BCUT2D eigenvalue weighted by Gasteiger charge is 2.18. The van der Waals surface area contributed by atoms with Gasteiger partial charge in [-0.3, -0.25) is 9.58 Å². The fourth-order valence-electron chi connectivity index (χ4n) is 2.01. The van der Waals surface area contributed by atoms with Crippen molar-refractivity contribution in [2.45, 2.75) is 46.2 Å². The Bertz CT molecular complexity index is 470. The lowest BCUT2D eigenvalue weighted by Crippen LogP contribution is -2.34. The number of nitrogens with zero attached hydrogens (tertiary/aromatic N) is 4. The maximum atomic E-state index is 8.61. The first-order chi connectivity index (χ1) is 9.40. The minimum atomic E-state index is 0.237. The second kappa shape index (κ2) is 7.50. The molecule has 0 saturated carbocycles. The van der Waals surface area contributed by atoms with Crippen molar-refractivity contribution in [1.29, 1.82) is 0 Å². The van der Waals surface area contributed by atoms with Gasteiger partial charge in [-0.15, -0.1) is 0 Å². The van der Waals surface area contributed by atoms with E-state index in [1.54, 1.807) is 0 Å². The molecule has 7 heteroatoms. The summed E-state index contributed by atoms with van der Waals surface area (Å²) in [4.78, 5) is 2.22. The molecule has 20 heavy (non-hydrogen) atoms. The van der Waals surface area contributed by atoms with E-state index in [0.717, 1.165) is 22.8 Å². The molecule has 6 nitrogen and oxygen atoms in total. The molecule has 0 amide bonds. The van der Waals surface area contributed by atoms with Crippen LogP contribution in [0, 0.1) is 0 Å². The van der Waals surface area contributed by atoms with E-state index >= 15 is 0 Å². The van der Waals surface area contributed by atoms with Gasteiger partial charge in [-0.05, 0) is 20.3 Å². The van der Waals surface area contributed by atoms with Crippen LogP contribution in [-0.2, 0) is 20.0 Å². The van der Waals surface area contributed by atoms with Crippen molar-refractivity contribution in [3.63, 3.8) is 0 Å². The summed E-state index contributed by atoms with van der Waals surface area (Å²) >= 11 is 6.37. The summed E-state index contributed by atoms with van der Waals surface area (Å²) < 4.78 is 1.83. The fourth-order valence-corrected chi connectivity index (χ4v) is 2.37. The first-order valence-electron chi connectivity index (χ1n) is 6.81. The Hall–Kier alpha value is -1.27. The molecule has 114 valence electrons. The van der Waals surface area contributed by atoms with E-state index in [-0.39, 0.29) is 5.84 Å². The van der Waals surface area contributed by atoms with E-state index in [1.807, 2.05) is 18.7 Å². The van der Waals surface area contributed by atoms with Crippen LogP contribution in [0.25, 0.3) is 0 Å². The number of hydrogen-bond acceptors (Lipinski definition) is 4. The molecule has 0 fully saturated rings. The number of rotatable bonds is 7. The molecule has 0 aliphatic carbocycles. The van der Waals surface area contributed by atoms with Crippen LogP contribution in [0.15, 0.2) is 5.16 Å².